The summed E-state index contributed by atoms with van der Waals surface area (Å²) in [5, 5.41) is 11.5. The summed E-state index contributed by atoms with van der Waals surface area (Å²) in [5.41, 5.74) is 1.69. The van der Waals surface area contributed by atoms with Crippen LogP contribution in [-0.4, -0.2) is 32.3 Å². The highest BCUT2D eigenvalue weighted by Crippen LogP contribution is 2.28. The molecule has 0 radical (unpaired) electrons. The molecular formula is C15H18N6O2S2. The highest BCUT2D eigenvalue weighted by molar-refractivity contribution is 7.98. The Morgan fingerprint density at radius 1 is 1.48 bits per heavy atom. The third-order valence-electron chi connectivity index (χ3n) is 3.58. The van der Waals surface area contributed by atoms with Gasteiger partial charge in [-0.2, -0.15) is 0 Å². The first-order valence-corrected chi connectivity index (χ1v) is 9.48. The summed E-state index contributed by atoms with van der Waals surface area (Å²) in [6.07, 6.45) is 1.59. The number of aromatic nitrogens is 4. The number of hydrogen-bond acceptors (Lipinski definition) is 8. The summed E-state index contributed by atoms with van der Waals surface area (Å²) >= 11 is 2.89. The normalized spacial score (nSPS) is 11.0. The molecule has 25 heavy (non-hydrogen) atoms. The number of carbonyl (C=O) groups is 1. The minimum Gasteiger partial charge on any atom is -0.469 e. The molecule has 0 aliphatic rings. The lowest BCUT2D eigenvalue weighted by molar-refractivity contribution is -0.116. The van der Waals surface area contributed by atoms with Crippen molar-refractivity contribution in [3.05, 3.63) is 29.2 Å². The van der Waals surface area contributed by atoms with E-state index in [1.165, 1.54) is 34.7 Å². The maximum absolute atomic E-state index is 11.6. The number of aryl methyl sites for hydroxylation is 1. The van der Waals surface area contributed by atoms with Gasteiger partial charge in [-0.05, 0) is 19.9 Å². The van der Waals surface area contributed by atoms with Crippen LogP contribution in [0.2, 0.25) is 0 Å². The van der Waals surface area contributed by atoms with E-state index in [1.54, 1.807) is 11.2 Å². The second-order valence-electron chi connectivity index (χ2n) is 5.24. The Balaban J connectivity index is 1.71. The molecule has 3 heterocycles. The molecule has 0 saturated carbocycles. The van der Waals surface area contributed by atoms with Crippen LogP contribution in [0.3, 0.4) is 0 Å². The fourth-order valence-electron chi connectivity index (χ4n) is 2.29. The number of hydrogen-bond donors (Lipinski definition) is 1. The Labute approximate surface area is 153 Å². The summed E-state index contributed by atoms with van der Waals surface area (Å²) in [6.45, 7) is 5.91. The van der Waals surface area contributed by atoms with Gasteiger partial charge in [0.05, 0.1) is 17.5 Å². The van der Waals surface area contributed by atoms with Crippen molar-refractivity contribution in [2.45, 2.75) is 31.7 Å². The number of carbonyl (C=O) groups excluding carboxylic acids is 1. The second kappa shape index (κ2) is 7.28. The van der Waals surface area contributed by atoms with Crippen LogP contribution in [0, 0.1) is 6.92 Å². The van der Waals surface area contributed by atoms with Gasteiger partial charge in [-0.15, -0.1) is 21.5 Å². The van der Waals surface area contributed by atoms with Crippen LogP contribution in [0.25, 0.3) is 11.4 Å². The summed E-state index contributed by atoms with van der Waals surface area (Å²) < 4.78 is 6.73. The molecule has 132 valence electrons. The van der Waals surface area contributed by atoms with E-state index < -0.39 is 0 Å². The number of nitrogen functional groups attached to an aromatic ring is 1. The number of rotatable bonds is 6. The molecule has 3 aromatic heterocycles. The van der Waals surface area contributed by atoms with Gasteiger partial charge in [0.1, 0.15) is 5.76 Å². The Bertz CT molecular complexity index is 884. The third kappa shape index (κ3) is 3.54. The molecule has 0 aromatic carbocycles. The van der Waals surface area contributed by atoms with Gasteiger partial charge in [-0.3, -0.25) is 9.69 Å². The number of thiazole rings is 1. The average molecular weight is 378 g/mol. The minimum absolute atomic E-state index is 0.0159. The minimum atomic E-state index is -0.0159. The molecular weight excluding hydrogens is 360 g/mol. The lowest BCUT2D eigenvalue weighted by atomic mass is 10.2. The molecule has 0 bridgehead atoms. The number of thioether (sulfide) groups is 1. The molecule has 0 saturated heterocycles. The van der Waals surface area contributed by atoms with Gasteiger partial charge in [0.2, 0.25) is 11.1 Å². The monoisotopic (exact) mass is 378 g/mol. The lowest BCUT2D eigenvalue weighted by Gasteiger charge is -2.14. The maximum atomic E-state index is 11.6. The van der Waals surface area contributed by atoms with Crippen molar-refractivity contribution in [1.82, 2.24) is 19.9 Å². The van der Waals surface area contributed by atoms with Crippen LogP contribution >= 0.6 is 23.1 Å². The van der Waals surface area contributed by atoms with Crippen molar-refractivity contribution in [1.29, 1.82) is 0 Å². The molecule has 0 spiro atoms. The fraction of sp³-hybridized carbons (Fsp3) is 0.333. The Hall–Kier alpha value is -2.33. The molecule has 0 aliphatic heterocycles. The molecule has 0 unspecified atom stereocenters. The zero-order chi connectivity index (χ0) is 18.0. The zero-order valence-corrected chi connectivity index (χ0v) is 15.7. The van der Waals surface area contributed by atoms with Crippen molar-refractivity contribution in [3.8, 4) is 11.4 Å². The van der Waals surface area contributed by atoms with E-state index in [0.717, 1.165) is 17.0 Å². The van der Waals surface area contributed by atoms with Crippen LogP contribution in [0.1, 0.15) is 25.3 Å². The van der Waals surface area contributed by atoms with Crippen LogP contribution in [0.4, 0.5) is 5.13 Å². The van der Waals surface area contributed by atoms with Crippen molar-refractivity contribution in [3.63, 3.8) is 0 Å². The maximum Gasteiger partial charge on any atom is 0.225 e. The number of nitrogens with two attached hydrogens (primary N) is 1. The Morgan fingerprint density at radius 2 is 2.28 bits per heavy atom. The van der Waals surface area contributed by atoms with E-state index in [-0.39, 0.29) is 5.91 Å². The highest BCUT2D eigenvalue weighted by Gasteiger charge is 2.17. The largest absolute Gasteiger partial charge is 0.469 e. The van der Waals surface area contributed by atoms with E-state index in [4.69, 9.17) is 10.3 Å². The lowest BCUT2D eigenvalue weighted by Crippen LogP contribution is -2.27. The molecule has 3 rings (SSSR count). The van der Waals surface area contributed by atoms with Crippen LogP contribution in [-0.2, 0) is 10.5 Å². The first-order chi connectivity index (χ1) is 12.0. The summed E-state index contributed by atoms with van der Waals surface area (Å²) in [7, 11) is 0. The van der Waals surface area contributed by atoms with E-state index in [0.29, 0.717) is 28.4 Å². The number of amides is 1. The highest BCUT2D eigenvalue weighted by atomic mass is 32.2. The van der Waals surface area contributed by atoms with Gasteiger partial charge in [-0.25, -0.2) is 9.66 Å². The Morgan fingerprint density at radius 3 is 2.92 bits per heavy atom. The van der Waals surface area contributed by atoms with Gasteiger partial charge in [0, 0.05) is 24.6 Å². The molecule has 10 heteroatoms. The van der Waals surface area contributed by atoms with Gasteiger partial charge < -0.3 is 10.3 Å². The molecule has 3 aromatic rings. The van der Waals surface area contributed by atoms with Gasteiger partial charge in [-0.1, -0.05) is 11.8 Å². The predicted molar refractivity (Wildman–Crippen MR) is 98.0 cm³/mol. The second-order valence-corrected chi connectivity index (χ2v) is 7.02. The van der Waals surface area contributed by atoms with Gasteiger partial charge >= 0.3 is 0 Å². The molecule has 1 amide bonds. The number of furan rings is 1. The Kier molecular flexibility index (Phi) is 5.09. The quantitative estimate of drug-likeness (QED) is 0.519. The number of anilines is 1. The smallest absolute Gasteiger partial charge is 0.225 e. The SMILES string of the molecule is CCN(C(C)=O)c1nc(CSc2nnc(-c3ccoc3C)n2N)cs1. The molecule has 2 N–H and O–H groups in total. The van der Waals surface area contributed by atoms with E-state index in [1.807, 2.05) is 25.3 Å². The van der Waals surface area contributed by atoms with Crippen molar-refractivity contribution in [2.24, 2.45) is 0 Å². The molecule has 0 aliphatic carbocycles. The third-order valence-corrected chi connectivity index (χ3v) is 5.47. The fourth-order valence-corrected chi connectivity index (χ4v) is 4.08. The van der Waals surface area contributed by atoms with E-state index >= 15 is 0 Å². The summed E-state index contributed by atoms with van der Waals surface area (Å²) in [6, 6.07) is 1.81. The van der Waals surface area contributed by atoms with Crippen molar-refractivity contribution >= 4 is 34.1 Å². The topological polar surface area (TPSA) is 103 Å². The average Bonchev–Trinajstić information content (AvgIpc) is 3.27. The van der Waals surface area contributed by atoms with Gasteiger partial charge in [0.15, 0.2) is 11.0 Å². The molecule has 0 fully saturated rings. The van der Waals surface area contributed by atoms with Crippen LogP contribution in [0.5, 0.6) is 0 Å². The molecule has 8 nitrogen and oxygen atoms in total. The first kappa shape index (κ1) is 17.5. The predicted octanol–water partition coefficient (Wildman–Crippen LogP) is 2.68. The van der Waals surface area contributed by atoms with E-state index in [9.17, 15) is 4.79 Å². The number of nitrogens with zero attached hydrogens (tertiary/aromatic N) is 5. The van der Waals surface area contributed by atoms with Gasteiger partial charge in [0.25, 0.3) is 0 Å². The zero-order valence-electron chi connectivity index (χ0n) is 14.1. The van der Waals surface area contributed by atoms with Crippen LogP contribution < -0.4 is 10.7 Å². The summed E-state index contributed by atoms with van der Waals surface area (Å²) in [5.74, 6) is 7.97. The van der Waals surface area contributed by atoms with Crippen molar-refractivity contribution < 1.29 is 9.21 Å². The van der Waals surface area contributed by atoms with Crippen LogP contribution in [0.15, 0.2) is 27.3 Å². The van der Waals surface area contributed by atoms with E-state index in [2.05, 4.69) is 15.2 Å². The standard InChI is InChI=1S/C15H18N6O2S2/c1-4-20(10(3)22)14-17-11(7-24-14)8-25-15-19-18-13(21(15)16)12-5-6-23-9(12)2/h5-7H,4,8,16H2,1-3H3. The first-order valence-electron chi connectivity index (χ1n) is 7.61. The van der Waals surface area contributed by atoms with Crippen molar-refractivity contribution in [2.75, 3.05) is 17.3 Å². The molecule has 0 atom stereocenters. The summed E-state index contributed by atoms with van der Waals surface area (Å²) in [4.78, 5) is 17.7.